The maximum atomic E-state index is 12.6. The highest BCUT2D eigenvalue weighted by atomic mass is 35.5. The third kappa shape index (κ3) is 3.55. The van der Waals surface area contributed by atoms with Crippen LogP contribution in [0.5, 0.6) is 0 Å². The van der Waals surface area contributed by atoms with Gasteiger partial charge in [0.25, 0.3) is 0 Å². The third-order valence-corrected chi connectivity index (χ3v) is 4.81. The lowest BCUT2D eigenvalue weighted by atomic mass is 9.97. The number of aryl methyl sites for hydroxylation is 1. The molecule has 0 aromatic heterocycles. The number of likely N-dealkylation sites (tertiary alicyclic amines) is 1. The largest absolute Gasteiger partial charge is 0.393 e. The van der Waals surface area contributed by atoms with Crippen LogP contribution in [0.3, 0.4) is 0 Å². The summed E-state index contributed by atoms with van der Waals surface area (Å²) in [4.78, 5) is 14.3. The van der Waals surface area contributed by atoms with Crippen LogP contribution < -0.4 is 5.32 Å². The van der Waals surface area contributed by atoms with Crippen molar-refractivity contribution in [2.24, 2.45) is 5.92 Å². The molecular formula is C17H25ClN2O2. The SMILES string of the molecule is CCc1ccc(Cl)c(CC)c1NC(=O)N1CC[C@@H](O)[C@@H](C)C1. The topological polar surface area (TPSA) is 52.6 Å². The normalized spacial score (nSPS) is 21.8. The molecule has 0 unspecified atom stereocenters. The summed E-state index contributed by atoms with van der Waals surface area (Å²) in [7, 11) is 0. The van der Waals surface area contributed by atoms with Crippen LogP contribution >= 0.6 is 11.6 Å². The average molecular weight is 325 g/mol. The van der Waals surface area contributed by atoms with Crippen LogP contribution in [0.25, 0.3) is 0 Å². The Morgan fingerprint density at radius 1 is 1.41 bits per heavy atom. The Morgan fingerprint density at radius 2 is 2.14 bits per heavy atom. The number of urea groups is 1. The van der Waals surface area contributed by atoms with Crippen molar-refractivity contribution in [3.63, 3.8) is 0 Å². The van der Waals surface area contributed by atoms with Crippen molar-refractivity contribution in [3.8, 4) is 0 Å². The lowest BCUT2D eigenvalue weighted by Gasteiger charge is -2.34. The van der Waals surface area contributed by atoms with Crippen LogP contribution in [0.4, 0.5) is 10.5 Å². The molecule has 2 N–H and O–H groups in total. The smallest absolute Gasteiger partial charge is 0.321 e. The van der Waals surface area contributed by atoms with Crippen LogP contribution in [-0.2, 0) is 12.8 Å². The van der Waals surface area contributed by atoms with Crippen LogP contribution in [0.2, 0.25) is 5.02 Å². The van der Waals surface area contributed by atoms with E-state index in [4.69, 9.17) is 11.6 Å². The van der Waals surface area contributed by atoms with Gasteiger partial charge in [-0.25, -0.2) is 4.79 Å². The number of carbonyl (C=O) groups excluding carboxylic acids is 1. The van der Waals surface area contributed by atoms with Crippen molar-refractivity contribution in [3.05, 3.63) is 28.3 Å². The molecule has 1 heterocycles. The lowest BCUT2D eigenvalue weighted by molar-refractivity contribution is 0.0506. The van der Waals surface area contributed by atoms with Crippen LogP contribution in [0.1, 0.15) is 38.3 Å². The quantitative estimate of drug-likeness (QED) is 0.890. The van der Waals surface area contributed by atoms with Crippen molar-refractivity contribution in [1.82, 2.24) is 4.90 Å². The predicted molar refractivity (Wildman–Crippen MR) is 90.6 cm³/mol. The second kappa shape index (κ2) is 7.34. The number of piperidine rings is 1. The first-order chi connectivity index (χ1) is 10.5. The Morgan fingerprint density at radius 3 is 2.73 bits per heavy atom. The van der Waals surface area contributed by atoms with Crippen LogP contribution in [-0.4, -0.2) is 35.2 Å². The molecule has 2 atom stereocenters. The Hall–Kier alpha value is -1.26. The third-order valence-electron chi connectivity index (χ3n) is 4.46. The number of nitrogens with zero attached hydrogens (tertiary/aromatic N) is 1. The van der Waals surface area contributed by atoms with Crippen molar-refractivity contribution in [2.75, 3.05) is 18.4 Å². The van der Waals surface area contributed by atoms with Crippen LogP contribution in [0.15, 0.2) is 12.1 Å². The maximum Gasteiger partial charge on any atom is 0.321 e. The summed E-state index contributed by atoms with van der Waals surface area (Å²) in [5.41, 5.74) is 2.93. The number of nitrogens with one attached hydrogen (secondary N) is 1. The number of halogens is 1. The highest BCUT2D eigenvalue weighted by Crippen LogP contribution is 2.30. The second-order valence-electron chi connectivity index (χ2n) is 5.98. The number of benzene rings is 1. The molecule has 122 valence electrons. The van der Waals surface area contributed by atoms with Gasteiger partial charge < -0.3 is 15.3 Å². The Kier molecular flexibility index (Phi) is 5.70. The minimum absolute atomic E-state index is 0.106. The molecular weight excluding hydrogens is 300 g/mol. The molecule has 1 saturated heterocycles. The highest BCUT2D eigenvalue weighted by molar-refractivity contribution is 6.31. The predicted octanol–water partition coefficient (Wildman–Crippen LogP) is 3.70. The highest BCUT2D eigenvalue weighted by Gasteiger charge is 2.27. The number of rotatable bonds is 3. The van der Waals surface area contributed by atoms with Gasteiger partial charge in [-0.15, -0.1) is 0 Å². The van der Waals surface area contributed by atoms with Crippen molar-refractivity contribution in [1.29, 1.82) is 0 Å². The molecule has 1 aliphatic heterocycles. The summed E-state index contributed by atoms with van der Waals surface area (Å²) in [6.45, 7) is 7.24. The first kappa shape index (κ1) is 17.1. The van der Waals surface area contributed by atoms with Gasteiger partial charge in [-0.05, 0) is 42.4 Å². The fourth-order valence-electron chi connectivity index (χ4n) is 2.97. The summed E-state index contributed by atoms with van der Waals surface area (Å²) in [6, 6.07) is 3.76. The van der Waals surface area contributed by atoms with Gasteiger partial charge in [0.1, 0.15) is 0 Å². The number of anilines is 1. The lowest BCUT2D eigenvalue weighted by Crippen LogP contribution is -2.46. The molecule has 4 nitrogen and oxygen atoms in total. The molecule has 5 heteroatoms. The first-order valence-corrected chi connectivity index (χ1v) is 8.39. The van der Waals surface area contributed by atoms with Crippen molar-refractivity contribution in [2.45, 2.75) is 46.1 Å². The van der Waals surface area contributed by atoms with E-state index in [9.17, 15) is 9.90 Å². The van der Waals surface area contributed by atoms with Gasteiger partial charge >= 0.3 is 6.03 Å². The fraction of sp³-hybridized carbons (Fsp3) is 0.588. The van der Waals surface area contributed by atoms with Crippen molar-refractivity contribution < 1.29 is 9.90 Å². The van der Waals surface area contributed by atoms with Gasteiger partial charge in [0.15, 0.2) is 0 Å². The molecule has 2 rings (SSSR count). The molecule has 1 aromatic rings. The fourth-order valence-corrected chi connectivity index (χ4v) is 3.26. The number of hydrogen-bond acceptors (Lipinski definition) is 2. The van der Waals surface area contributed by atoms with E-state index in [1.54, 1.807) is 4.90 Å². The van der Waals surface area contributed by atoms with Crippen LogP contribution in [0, 0.1) is 5.92 Å². The van der Waals surface area contributed by atoms with Gasteiger partial charge in [-0.1, -0.05) is 38.4 Å². The zero-order valence-corrected chi connectivity index (χ0v) is 14.3. The molecule has 0 saturated carbocycles. The van der Waals surface area contributed by atoms with Gasteiger partial charge in [0.05, 0.1) is 11.8 Å². The zero-order chi connectivity index (χ0) is 16.3. The molecule has 22 heavy (non-hydrogen) atoms. The Labute approximate surface area is 137 Å². The van der Waals surface area contributed by atoms with E-state index >= 15 is 0 Å². The minimum atomic E-state index is -0.312. The summed E-state index contributed by atoms with van der Waals surface area (Å²) in [5.74, 6) is 0.107. The van der Waals surface area contributed by atoms with Gasteiger partial charge in [0.2, 0.25) is 0 Å². The second-order valence-corrected chi connectivity index (χ2v) is 6.38. The van der Waals surface area contributed by atoms with E-state index in [0.29, 0.717) is 24.5 Å². The maximum absolute atomic E-state index is 12.6. The molecule has 2 amide bonds. The first-order valence-electron chi connectivity index (χ1n) is 8.02. The summed E-state index contributed by atoms with van der Waals surface area (Å²) < 4.78 is 0. The summed E-state index contributed by atoms with van der Waals surface area (Å²) in [5, 5.41) is 13.5. The van der Waals surface area contributed by atoms with Gasteiger partial charge in [0, 0.05) is 18.1 Å². The van der Waals surface area contributed by atoms with Gasteiger partial charge in [-0.3, -0.25) is 0 Å². The molecule has 0 aliphatic carbocycles. The van der Waals surface area contributed by atoms with E-state index in [1.807, 2.05) is 26.0 Å². The van der Waals surface area contributed by atoms with E-state index < -0.39 is 0 Å². The average Bonchev–Trinajstić information content (AvgIpc) is 2.50. The molecule has 0 bridgehead atoms. The molecule has 1 fully saturated rings. The molecule has 0 spiro atoms. The number of aliphatic hydroxyl groups is 1. The number of aliphatic hydroxyl groups excluding tert-OH is 1. The zero-order valence-electron chi connectivity index (χ0n) is 13.5. The Balaban J connectivity index is 2.19. The summed E-state index contributed by atoms with van der Waals surface area (Å²) >= 11 is 6.27. The van der Waals surface area contributed by atoms with E-state index in [-0.39, 0.29) is 18.1 Å². The van der Waals surface area contributed by atoms with Crippen molar-refractivity contribution >= 4 is 23.3 Å². The standard InChI is InChI=1S/C17H25ClN2O2/c1-4-12-6-7-14(18)13(5-2)16(12)19-17(22)20-9-8-15(21)11(3)10-20/h6-7,11,15,21H,4-5,8-10H2,1-3H3,(H,19,22)/t11-,15+/m0/s1. The number of amides is 2. The van der Waals surface area contributed by atoms with E-state index in [0.717, 1.165) is 29.7 Å². The van der Waals surface area contributed by atoms with E-state index in [1.165, 1.54) is 0 Å². The molecule has 1 aliphatic rings. The molecule has 0 radical (unpaired) electrons. The van der Waals surface area contributed by atoms with Gasteiger partial charge in [-0.2, -0.15) is 0 Å². The Bertz CT molecular complexity index is 548. The minimum Gasteiger partial charge on any atom is -0.393 e. The van der Waals surface area contributed by atoms with E-state index in [2.05, 4.69) is 12.2 Å². The summed E-state index contributed by atoms with van der Waals surface area (Å²) in [6.07, 6.45) is 1.94. The monoisotopic (exact) mass is 324 g/mol. The number of hydrogen-bond donors (Lipinski definition) is 2. The molecule has 1 aromatic carbocycles. The number of carbonyl (C=O) groups is 1.